The molecule has 0 radical (unpaired) electrons. The molecule has 0 amide bonds. The van der Waals surface area contributed by atoms with E-state index in [0.29, 0.717) is 19.8 Å². The molecule has 0 bridgehead atoms. The summed E-state index contributed by atoms with van der Waals surface area (Å²) in [5, 5.41) is 12.5. The van der Waals surface area contributed by atoms with Crippen LogP contribution < -0.4 is 14.8 Å². The van der Waals surface area contributed by atoms with Crippen LogP contribution in [0.25, 0.3) is 0 Å². The van der Waals surface area contributed by atoms with Crippen LogP contribution in [0.3, 0.4) is 0 Å². The second-order valence-electron chi connectivity index (χ2n) is 6.70. The van der Waals surface area contributed by atoms with Crippen molar-refractivity contribution >= 4 is 0 Å². The minimum absolute atomic E-state index is 0.487. The summed E-state index contributed by atoms with van der Waals surface area (Å²) < 4.78 is 12.1. The van der Waals surface area contributed by atoms with Crippen LogP contribution in [0.2, 0.25) is 0 Å². The first-order chi connectivity index (χ1) is 13.7. The highest BCUT2D eigenvalue weighted by Crippen LogP contribution is 2.29. The maximum atomic E-state index is 9.45. The average Bonchev–Trinajstić information content (AvgIpc) is 2.73. The zero-order valence-electron chi connectivity index (χ0n) is 16.2. The third-order valence-electron chi connectivity index (χ3n) is 4.34. The van der Waals surface area contributed by atoms with Gasteiger partial charge in [0.15, 0.2) is 11.5 Å². The summed E-state index contributed by atoms with van der Waals surface area (Å²) in [6.07, 6.45) is 0.270. The fraction of sp³-hybridized carbons (Fsp3) is 0.250. The number of hydrogen-bond acceptors (Lipinski definition) is 4. The minimum atomic E-state index is -0.559. The van der Waals surface area contributed by atoms with Gasteiger partial charge in [-0.05, 0) is 35.7 Å². The van der Waals surface area contributed by atoms with E-state index in [9.17, 15) is 5.11 Å². The average molecular weight is 377 g/mol. The second kappa shape index (κ2) is 10.5. The smallest absolute Gasteiger partial charge is 0.161 e. The monoisotopic (exact) mass is 377 g/mol. The molecule has 0 spiro atoms. The Bertz CT molecular complexity index is 835. The molecule has 28 heavy (non-hydrogen) atoms. The van der Waals surface area contributed by atoms with Gasteiger partial charge in [-0.25, -0.2) is 0 Å². The van der Waals surface area contributed by atoms with Crippen LogP contribution >= 0.6 is 0 Å². The SMILES string of the molecule is CC(O)NCc1ccc(OCc2ccccc2)c(OCCc2ccccc2)c1. The van der Waals surface area contributed by atoms with Crippen LogP contribution in [-0.2, 0) is 19.6 Å². The zero-order valence-corrected chi connectivity index (χ0v) is 16.2. The summed E-state index contributed by atoms with van der Waals surface area (Å²) in [5.74, 6) is 1.44. The van der Waals surface area contributed by atoms with E-state index in [0.717, 1.165) is 29.0 Å². The van der Waals surface area contributed by atoms with Crippen LogP contribution in [0.5, 0.6) is 11.5 Å². The summed E-state index contributed by atoms with van der Waals surface area (Å²) in [6.45, 7) is 3.32. The van der Waals surface area contributed by atoms with E-state index in [1.54, 1.807) is 6.92 Å². The molecule has 3 aromatic rings. The molecule has 0 saturated carbocycles. The van der Waals surface area contributed by atoms with E-state index in [1.165, 1.54) is 5.56 Å². The van der Waals surface area contributed by atoms with E-state index < -0.39 is 6.23 Å². The van der Waals surface area contributed by atoms with Crippen molar-refractivity contribution in [1.29, 1.82) is 0 Å². The Labute approximate surface area is 166 Å². The predicted octanol–water partition coefficient (Wildman–Crippen LogP) is 4.32. The minimum Gasteiger partial charge on any atom is -0.489 e. The topological polar surface area (TPSA) is 50.7 Å². The van der Waals surface area contributed by atoms with Gasteiger partial charge in [0, 0.05) is 13.0 Å². The fourth-order valence-electron chi connectivity index (χ4n) is 2.82. The maximum absolute atomic E-state index is 9.45. The summed E-state index contributed by atoms with van der Waals surface area (Å²) >= 11 is 0. The summed E-state index contributed by atoms with van der Waals surface area (Å²) in [6, 6.07) is 26.2. The van der Waals surface area contributed by atoms with Gasteiger partial charge in [0.05, 0.1) is 6.61 Å². The standard InChI is InChI=1S/C24H27NO3/c1-19(26)25-17-22-12-13-23(28-18-21-10-6-3-7-11-21)24(16-22)27-15-14-20-8-4-2-5-9-20/h2-13,16,19,25-26H,14-15,17-18H2,1H3. The van der Waals surface area contributed by atoms with Gasteiger partial charge in [-0.2, -0.15) is 0 Å². The van der Waals surface area contributed by atoms with Crippen molar-refractivity contribution in [3.8, 4) is 11.5 Å². The Morgan fingerprint density at radius 2 is 1.46 bits per heavy atom. The highest BCUT2D eigenvalue weighted by atomic mass is 16.5. The molecule has 1 unspecified atom stereocenters. The maximum Gasteiger partial charge on any atom is 0.161 e. The second-order valence-corrected chi connectivity index (χ2v) is 6.70. The molecule has 4 nitrogen and oxygen atoms in total. The number of ether oxygens (including phenoxy) is 2. The molecule has 0 saturated heterocycles. The molecular formula is C24H27NO3. The molecular weight excluding hydrogens is 350 g/mol. The van der Waals surface area contributed by atoms with Crippen molar-refractivity contribution in [2.75, 3.05) is 6.61 Å². The first-order valence-corrected chi connectivity index (χ1v) is 9.58. The lowest BCUT2D eigenvalue weighted by Gasteiger charge is -2.15. The molecule has 1 atom stereocenters. The summed E-state index contributed by atoms with van der Waals surface area (Å²) in [4.78, 5) is 0. The largest absolute Gasteiger partial charge is 0.489 e. The van der Waals surface area contributed by atoms with Crippen molar-refractivity contribution < 1.29 is 14.6 Å². The first-order valence-electron chi connectivity index (χ1n) is 9.58. The van der Waals surface area contributed by atoms with E-state index in [2.05, 4.69) is 17.4 Å². The molecule has 0 aliphatic heterocycles. The normalized spacial score (nSPS) is 11.8. The quantitative estimate of drug-likeness (QED) is 0.517. The first kappa shape index (κ1) is 19.9. The van der Waals surface area contributed by atoms with Gasteiger partial charge in [-0.15, -0.1) is 0 Å². The van der Waals surface area contributed by atoms with Crippen molar-refractivity contribution in [3.63, 3.8) is 0 Å². The number of nitrogens with one attached hydrogen (secondary N) is 1. The van der Waals surface area contributed by atoms with Crippen LogP contribution in [0, 0.1) is 0 Å². The molecule has 3 aromatic carbocycles. The Morgan fingerprint density at radius 3 is 2.14 bits per heavy atom. The molecule has 0 aromatic heterocycles. The third kappa shape index (κ3) is 6.41. The number of benzene rings is 3. The van der Waals surface area contributed by atoms with Crippen LogP contribution in [0.15, 0.2) is 78.9 Å². The van der Waals surface area contributed by atoms with E-state index >= 15 is 0 Å². The fourth-order valence-corrected chi connectivity index (χ4v) is 2.82. The van der Waals surface area contributed by atoms with Crippen molar-refractivity contribution in [2.24, 2.45) is 0 Å². The predicted molar refractivity (Wildman–Crippen MR) is 111 cm³/mol. The Balaban J connectivity index is 1.67. The highest BCUT2D eigenvalue weighted by molar-refractivity contribution is 5.43. The van der Waals surface area contributed by atoms with Crippen LogP contribution in [-0.4, -0.2) is 17.9 Å². The van der Waals surface area contributed by atoms with E-state index in [1.807, 2.05) is 66.7 Å². The van der Waals surface area contributed by atoms with Gasteiger partial charge in [0.25, 0.3) is 0 Å². The number of aliphatic hydroxyl groups is 1. The Hall–Kier alpha value is -2.82. The van der Waals surface area contributed by atoms with Gasteiger partial charge in [0.2, 0.25) is 0 Å². The third-order valence-corrected chi connectivity index (χ3v) is 4.34. The number of rotatable bonds is 10. The van der Waals surface area contributed by atoms with Gasteiger partial charge in [-0.3, -0.25) is 5.32 Å². The lowest BCUT2D eigenvalue weighted by molar-refractivity contribution is 0.154. The van der Waals surface area contributed by atoms with Crippen LogP contribution in [0.1, 0.15) is 23.6 Å². The van der Waals surface area contributed by atoms with Crippen LogP contribution in [0.4, 0.5) is 0 Å². The Kier molecular flexibility index (Phi) is 7.47. The molecule has 0 heterocycles. The van der Waals surface area contributed by atoms with Crippen molar-refractivity contribution in [3.05, 3.63) is 95.6 Å². The molecule has 4 heteroatoms. The molecule has 0 fully saturated rings. The van der Waals surface area contributed by atoms with Crippen molar-refractivity contribution in [2.45, 2.75) is 32.7 Å². The van der Waals surface area contributed by atoms with Crippen molar-refractivity contribution in [1.82, 2.24) is 5.32 Å². The zero-order chi connectivity index (χ0) is 19.6. The number of hydrogen-bond donors (Lipinski definition) is 2. The molecule has 3 rings (SSSR count). The highest BCUT2D eigenvalue weighted by Gasteiger charge is 2.08. The summed E-state index contributed by atoms with van der Waals surface area (Å²) in [5.41, 5.74) is 3.38. The lowest BCUT2D eigenvalue weighted by Crippen LogP contribution is -2.24. The van der Waals surface area contributed by atoms with Gasteiger partial charge >= 0.3 is 0 Å². The molecule has 0 aliphatic rings. The van der Waals surface area contributed by atoms with E-state index in [4.69, 9.17) is 9.47 Å². The molecule has 146 valence electrons. The van der Waals surface area contributed by atoms with Gasteiger partial charge < -0.3 is 14.6 Å². The molecule has 2 N–H and O–H groups in total. The Morgan fingerprint density at radius 1 is 0.786 bits per heavy atom. The molecule has 0 aliphatic carbocycles. The van der Waals surface area contributed by atoms with Gasteiger partial charge in [-0.1, -0.05) is 66.7 Å². The van der Waals surface area contributed by atoms with E-state index in [-0.39, 0.29) is 0 Å². The summed E-state index contributed by atoms with van der Waals surface area (Å²) in [7, 11) is 0. The number of aliphatic hydroxyl groups excluding tert-OH is 1. The van der Waals surface area contributed by atoms with Gasteiger partial charge in [0.1, 0.15) is 12.8 Å². The lowest BCUT2D eigenvalue weighted by atomic mass is 10.1.